The largest absolute Gasteiger partial charge is 0.354 e. The average Bonchev–Trinajstić information content (AvgIpc) is 2.66. The maximum Gasteiger partial charge on any atom is 0.271 e. The Morgan fingerprint density at radius 1 is 1.34 bits per heavy atom. The van der Waals surface area contributed by atoms with Crippen LogP contribution in [-0.4, -0.2) is 38.1 Å². The number of carbonyl (C=O) groups is 1. The number of benzene rings is 1. The van der Waals surface area contributed by atoms with Crippen molar-refractivity contribution in [2.75, 3.05) is 17.1 Å². The van der Waals surface area contributed by atoms with Gasteiger partial charge >= 0.3 is 0 Å². The van der Waals surface area contributed by atoms with Gasteiger partial charge in [0.15, 0.2) is 0 Å². The smallest absolute Gasteiger partial charge is 0.271 e. The van der Waals surface area contributed by atoms with Crippen LogP contribution < -0.4 is 9.62 Å². The van der Waals surface area contributed by atoms with E-state index in [-0.39, 0.29) is 17.8 Å². The summed E-state index contributed by atoms with van der Waals surface area (Å²) >= 11 is 0. The lowest BCUT2D eigenvalue weighted by atomic mass is 9.97. The number of hydrogen-bond acceptors (Lipinski definition) is 5. The number of hydrogen-bond donors (Lipinski definition) is 1. The van der Waals surface area contributed by atoms with Gasteiger partial charge in [0.1, 0.15) is 6.04 Å². The van der Waals surface area contributed by atoms with Crippen molar-refractivity contribution in [1.29, 1.82) is 0 Å². The van der Waals surface area contributed by atoms with E-state index < -0.39 is 26.9 Å². The molecule has 8 nitrogen and oxygen atoms in total. The Morgan fingerprint density at radius 3 is 2.62 bits per heavy atom. The minimum atomic E-state index is -3.85. The molecule has 0 fully saturated rings. The van der Waals surface area contributed by atoms with Crippen molar-refractivity contribution in [1.82, 2.24) is 5.32 Å². The van der Waals surface area contributed by atoms with Crippen LogP contribution in [-0.2, 0) is 14.8 Å². The van der Waals surface area contributed by atoms with Gasteiger partial charge < -0.3 is 5.32 Å². The van der Waals surface area contributed by atoms with Gasteiger partial charge in [-0.25, -0.2) is 8.42 Å². The molecule has 1 atom stereocenters. The molecule has 1 aromatic rings. The fourth-order valence-corrected chi connectivity index (χ4v) is 4.84. The Hall–Kier alpha value is -2.42. The Labute approximate surface area is 172 Å². The first-order valence-corrected chi connectivity index (χ1v) is 11.7. The van der Waals surface area contributed by atoms with Gasteiger partial charge in [0, 0.05) is 18.7 Å². The maximum atomic E-state index is 12.8. The predicted molar refractivity (Wildman–Crippen MR) is 113 cm³/mol. The standard InChI is InChI=1S/C20H29N3O5S/c1-4-18(20(24)21-13-12-16-8-6-5-7-9-16)22(29(3,27)28)19-14-17(23(25)26)11-10-15(19)2/h8,10-11,14,18H,4-7,9,12-13H2,1-3H3,(H,21,24)/t18-/m0/s1. The van der Waals surface area contributed by atoms with Crippen LogP contribution in [0.1, 0.15) is 51.0 Å². The molecule has 0 unspecified atom stereocenters. The third-order valence-corrected chi connectivity index (χ3v) is 6.27. The maximum absolute atomic E-state index is 12.8. The molecule has 1 aliphatic rings. The van der Waals surface area contributed by atoms with Gasteiger partial charge in [-0.15, -0.1) is 0 Å². The topological polar surface area (TPSA) is 110 Å². The Bertz CT molecular complexity index is 895. The molecule has 0 saturated heterocycles. The zero-order chi connectivity index (χ0) is 21.6. The molecule has 1 aliphatic carbocycles. The highest BCUT2D eigenvalue weighted by Crippen LogP contribution is 2.30. The molecule has 0 heterocycles. The van der Waals surface area contributed by atoms with Crippen LogP contribution in [0.25, 0.3) is 0 Å². The van der Waals surface area contributed by atoms with Crippen LogP contribution in [0, 0.1) is 17.0 Å². The first-order chi connectivity index (χ1) is 13.6. The van der Waals surface area contributed by atoms with Gasteiger partial charge in [-0.2, -0.15) is 0 Å². The average molecular weight is 424 g/mol. The van der Waals surface area contributed by atoms with E-state index in [1.165, 1.54) is 30.2 Å². The van der Waals surface area contributed by atoms with Crippen molar-refractivity contribution in [3.63, 3.8) is 0 Å². The van der Waals surface area contributed by atoms with E-state index in [1.807, 2.05) is 0 Å². The number of carbonyl (C=O) groups excluding carboxylic acids is 1. The molecule has 29 heavy (non-hydrogen) atoms. The number of sulfonamides is 1. The van der Waals surface area contributed by atoms with E-state index in [4.69, 9.17) is 0 Å². The van der Waals surface area contributed by atoms with Gasteiger partial charge in [-0.05, 0) is 51.0 Å². The second-order valence-corrected chi connectivity index (χ2v) is 9.22. The highest BCUT2D eigenvalue weighted by atomic mass is 32.2. The number of rotatable bonds is 9. The Kier molecular flexibility index (Phi) is 7.78. The zero-order valence-corrected chi connectivity index (χ0v) is 18.0. The molecule has 0 bridgehead atoms. The lowest BCUT2D eigenvalue weighted by molar-refractivity contribution is -0.384. The minimum absolute atomic E-state index is 0.152. The first kappa shape index (κ1) is 22.9. The number of amides is 1. The van der Waals surface area contributed by atoms with Crippen molar-refractivity contribution in [2.24, 2.45) is 0 Å². The summed E-state index contributed by atoms with van der Waals surface area (Å²) in [6.45, 7) is 3.82. The Balaban J connectivity index is 2.25. The molecular formula is C20H29N3O5S. The fraction of sp³-hybridized carbons (Fsp3) is 0.550. The summed E-state index contributed by atoms with van der Waals surface area (Å²) in [6, 6.07) is 3.04. The van der Waals surface area contributed by atoms with Gasteiger partial charge in [0.05, 0.1) is 16.9 Å². The van der Waals surface area contributed by atoms with Crippen LogP contribution in [0.5, 0.6) is 0 Å². The summed E-state index contributed by atoms with van der Waals surface area (Å²) in [5, 5.41) is 14.0. The van der Waals surface area contributed by atoms with Crippen molar-refractivity contribution in [2.45, 2.75) is 58.4 Å². The molecule has 2 rings (SSSR count). The van der Waals surface area contributed by atoms with Crippen LogP contribution in [0.15, 0.2) is 29.8 Å². The lowest BCUT2D eigenvalue weighted by Gasteiger charge is -2.31. The molecule has 1 aromatic carbocycles. The first-order valence-electron chi connectivity index (χ1n) is 9.85. The number of nitrogens with zero attached hydrogens (tertiary/aromatic N) is 2. The molecule has 0 spiro atoms. The molecule has 1 amide bonds. The number of non-ortho nitro benzene ring substituents is 1. The van der Waals surface area contributed by atoms with Crippen LogP contribution in [0.4, 0.5) is 11.4 Å². The van der Waals surface area contributed by atoms with Crippen molar-refractivity contribution < 1.29 is 18.1 Å². The van der Waals surface area contributed by atoms with Gasteiger partial charge in [0.2, 0.25) is 15.9 Å². The van der Waals surface area contributed by atoms with Crippen LogP contribution >= 0.6 is 0 Å². The molecule has 0 radical (unpaired) electrons. The van der Waals surface area contributed by atoms with E-state index in [1.54, 1.807) is 13.8 Å². The summed E-state index contributed by atoms with van der Waals surface area (Å²) in [6.07, 6.45) is 8.66. The summed E-state index contributed by atoms with van der Waals surface area (Å²) in [5.41, 5.74) is 1.79. The predicted octanol–water partition coefficient (Wildman–Crippen LogP) is 3.45. The molecular weight excluding hydrogens is 394 g/mol. The molecule has 0 aromatic heterocycles. The molecule has 160 valence electrons. The lowest BCUT2D eigenvalue weighted by Crippen LogP contribution is -2.49. The van der Waals surface area contributed by atoms with E-state index in [2.05, 4.69) is 11.4 Å². The van der Waals surface area contributed by atoms with Gasteiger partial charge in [0.25, 0.3) is 5.69 Å². The number of nitrogens with one attached hydrogen (secondary N) is 1. The van der Waals surface area contributed by atoms with E-state index in [0.29, 0.717) is 12.1 Å². The third kappa shape index (κ3) is 6.03. The normalized spacial score (nSPS) is 15.3. The second-order valence-electron chi connectivity index (χ2n) is 7.36. The van der Waals surface area contributed by atoms with Crippen LogP contribution in [0.2, 0.25) is 0 Å². The van der Waals surface area contributed by atoms with Gasteiger partial charge in [-0.1, -0.05) is 24.6 Å². The third-order valence-electron chi connectivity index (χ3n) is 5.10. The van der Waals surface area contributed by atoms with Crippen molar-refractivity contribution in [3.05, 3.63) is 45.5 Å². The number of anilines is 1. The summed E-state index contributed by atoms with van der Waals surface area (Å²) in [4.78, 5) is 23.4. The van der Waals surface area contributed by atoms with Gasteiger partial charge in [-0.3, -0.25) is 19.2 Å². The quantitative estimate of drug-likeness (QED) is 0.372. The number of aryl methyl sites for hydroxylation is 1. The zero-order valence-electron chi connectivity index (χ0n) is 17.2. The van der Waals surface area contributed by atoms with Crippen molar-refractivity contribution >= 4 is 27.3 Å². The second kappa shape index (κ2) is 9.87. The minimum Gasteiger partial charge on any atom is -0.354 e. The molecule has 9 heteroatoms. The SMILES string of the molecule is CC[C@@H](C(=O)NCCC1=CCCCC1)N(c1cc([N+](=O)[O-])ccc1C)S(C)(=O)=O. The highest BCUT2D eigenvalue weighted by Gasteiger charge is 2.33. The number of nitro groups is 1. The Morgan fingerprint density at radius 2 is 2.07 bits per heavy atom. The summed E-state index contributed by atoms with van der Waals surface area (Å²) in [7, 11) is -3.85. The fourth-order valence-electron chi connectivity index (χ4n) is 3.58. The van der Waals surface area contributed by atoms with E-state index >= 15 is 0 Å². The highest BCUT2D eigenvalue weighted by molar-refractivity contribution is 7.92. The molecule has 0 aliphatic heterocycles. The van der Waals surface area contributed by atoms with E-state index in [9.17, 15) is 23.3 Å². The number of allylic oxidation sites excluding steroid dienone is 1. The van der Waals surface area contributed by atoms with Crippen LogP contribution in [0.3, 0.4) is 0 Å². The summed E-state index contributed by atoms with van der Waals surface area (Å²) < 4.78 is 26.1. The monoisotopic (exact) mass is 423 g/mol. The van der Waals surface area contributed by atoms with Crippen molar-refractivity contribution in [3.8, 4) is 0 Å². The summed E-state index contributed by atoms with van der Waals surface area (Å²) in [5.74, 6) is -0.403. The molecule has 1 N–H and O–H groups in total. The molecule has 0 saturated carbocycles. The van der Waals surface area contributed by atoms with E-state index in [0.717, 1.165) is 36.2 Å². The number of nitro benzene ring substituents is 1.